The monoisotopic (exact) mass is 392 g/mol. The lowest BCUT2D eigenvalue weighted by atomic mass is 10.1. The van der Waals surface area contributed by atoms with Crippen molar-refractivity contribution in [2.45, 2.75) is 0 Å². The van der Waals surface area contributed by atoms with Gasteiger partial charge in [-0.05, 0) is 36.4 Å². The van der Waals surface area contributed by atoms with E-state index in [4.69, 9.17) is 5.73 Å². The van der Waals surface area contributed by atoms with Gasteiger partial charge in [0.1, 0.15) is 6.67 Å². The highest BCUT2D eigenvalue weighted by Gasteiger charge is 2.42. The number of benzene rings is 2. The van der Waals surface area contributed by atoms with Gasteiger partial charge in [0.2, 0.25) is 12.3 Å². The molecule has 2 aliphatic rings. The maximum atomic E-state index is 12.7. The zero-order chi connectivity index (χ0) is 20.9. The predicted molar refractivity (Wildman–Crippen MR) is 97.0 cm³/mol. The first-order valence-corrected chi connectivity index (χ1v) is 8.34. The van der Waals surface area contributed by atoms with E-state index < -0.39 is 36.2 Å². The smallest absolute Gasteiger partial charge is 0.263 e. The average Bonchev–Trinajstić information content (AvgIpc) is 3.08. The van der Waals surface area contributed by atoms with Crippen molar-refractivity contribution in [1.29, 1.82) is 0 Å². The van der Waals surface area contributed by atoms with Gasteiger partial charge >= 0.3 is 0 Å². The Hall–Kier alpha value is -4.34. The topological polar surface area (TPSA) is 147 Å². The van der Waals surface area contributed by atoms with E-state index in [1.807, 2.05) is 0 Å². The molecule has 0 saturated carbocycles. The highest BCUT2D eigenvalue weighted by atomic mass is 16.2. The minimum absolute atomic E-state index is 0.0274. The number of anilines is 1. The molecule has 4 rings (SSSR count). The van der Waals surface area contributed by atoms with E-state index in [1.165, 1.54) is 36.4 Å². The fourth-order valence-corrected chi connectivity index (χ4v) is 3.29. The van der Waals surface area contributed by atoms with Crippen LogP contribution in [0.3, 0.4) is 0 Å². The second-order valence-corrected chi connectivity index (χ2v) is 6.37. The highest BCUT2D eigenvalue weighted by molar-refractivity contribution is 6.24. The summed E-state index contributed by atoms with van der Waals surface area (Å²) in [4.78, 5) is 73.9. The molecule has 0 aliphatic carbocycles. The van der Waals surface area contributed by atoms with Gasteiger partial charge in [0.15, 0.2) is 0 Å². The second kappa shape index (κ2) is 6.37. The Kier molecular flexibility index (Phi) is 3.97. The zero-order valence-electron chi connectivity index (χ0n) is 14.7. The van der Waals surface area contributed by atoms with Crippen molar-refractivity contribution >= 4 is 41.6 Å². The molecule has 0 unspecified atom stereocenters. The van der Waals surface area contributed by atoms with E-state index in [0.29, 0.717) is 12.1 Å². The summed E-state index contributed by atoms with van der Waals surface area (Å²) in [6.07, 6.45) is 0.430. The molecule has 0 atom stereocenters. The van der Waals surface area contributed by atoms with E-state index >= 15 is 0 Å². The van der Waals surface area contributed by atoms with Crippen molar-refractivity contribution in [3.63, 3.8) is 0 Å². The number of hydrogen-bond acceptors (Lipinski definition) is 6. The Bertz CT molecular complexity index is 1160. The molecule has 6 amide bonds. The molecular formula is C19H12N4O6. The average molecular weight is 392 g/mol. The lowest BCUT2D eigenvalue weighted by Gasteiger charge is -2.20. The molecule has 0 bridgehead atoms. The van der Waals surface area contributed by atoms with E-state index in [0.717, 1.165) is 9.80 Å². The quantitative estimate of drug-likeness (QED) is 0.549. The van der Waals surface area contributed by atoms with Crippen molar-refractivity contribution in [2.24, 2.45) is 5.73 Å². The van der Waals surface area contributed by atoms with Crippen LogP contribution in [0.4, 0.5) is 5.69 Å². The van der Waals surface area contributed by atoms with Crippen LogP contribution < -0.4 is 11.1 Å². The summed E-state index contributed by atoms with van der Waals surface area (Å²) in [7, 11) is 0. The number of amides is 6. The summed E-state index contributed by atoms with van der Waals surface area (Å²) in [5.74, 6) is -3.56. The molecule has 29 heavy (non-hydrogen) atoms. The van der Waals surface area contributed by atoms with Gasteiger partial charge in [-0.15, -0.1) is 0 Å². The SMILES string of the molecule is NC(=O)c1ccc2c(c1)C(=O)N(CN1C(=O)c3ccc(NC=O)cc3C1=O)C2=O. The molecule has 10 heteroatoms. The number of nitrogens with two attached hydrogens (primary N) is 1. The Morgan fingerprint density at radius 3 is 1.90 bits per heavy atom. The van der Waals surface area contributed by atoms with Gasteiger partial charge in [-0.3, -0.25) is 38.6 Å². The number of fused-ring (bicyclic) bond motifs is 2. The van der Waals surface area contributed by atoms with Gasteiger partial charge in [-0.1, -0.05) is 0 Å². The van der Waals surface area contributed by atoms with Crippen LogP contribution in [-0.2, 0) is 4.79 Å². The summed E-state index contributed by atoms with van der Waals surface area (Å²) < 4.78 is 0. The third kappa shape index (κ3) is 2.65. The van der Waals surface area contributed by atoms with Crippen molar-refractivity contribution in [2.75, 3.05) is 12.0 Å². The van der Waals surface area contributed by atoms with E-state index in [9.17, 15) is 28.8 Å². The Labute approximate surface area is 162 Å². The second-order valence-electron chi connectivity index (χ2n) is 6.37. The van der Waals surface area contributed by atoms with Crippen LogP contribution in [0, 0.1) is 0 Å². The molecular weight excluding hydrogens is 380 g/mol. The van der Waals surface area contributed by atoms with Gasteiger partial charge < -0.3 is 11.1 Å². The van der Waals surface area contributed by atoms with E-state index in [1.54, 1.807) is 0 Å². The number of nitrogens with zero attached hydrogens (tertiary/aromatic N) is 2. The number of rotatable bonds is 5. The van der Waals surface area contributed by atoms with Gasteiger partial charge in [0, 0.05) is 11.3 Å². The highest BCUT2D eigenvalue weighted by Crippen LogP contribution is 2.29. The van der Waals surface area contributed by atoms with Crippen LogP contribution in [0.2, 0.25) is 0 Å². The number of imide groups is 2. The molecule has 10 nitrogen and oxygen atoms in total. The molecule has 2 aliphatic heterocycles. The molecule has 2 aromatic carbocycles. The summed E-state index contributed by atoms with van der Waals surface area (Å²) in [5, 5.41) is 2.38. The van der Waals surface area contributed by atoms with Gasteiger partial charge in [0.25, 0.3) is 23.6 Å². The minimum atomic E-state index is -0.758. The van der Waals surface area contributed by atoms with Crippen molar-refractivity contribution in [3.8, 4) is 0 Å². The van der Waals surface area contributed by atoms with Crippen molar-refractivity contribution < 1.29 is 28.8 Å². The van der Waals surface area contributed by atoms with Gasteiger partial charge in [-0.2, -0.15) is 0 Å². The lowest BCUT2D eigenvalue weighted by Crippen LogP contribution is -2.43. The number of carbonyl (C=O) groups is 6. The number of nitrogens with one attached hydrogen (secondary N) is 1. The molecule has 3 N–H and O–H groups in total. The Balaban J connectivity index is 1.63. The first-order valence-electron chi connectivity index (χ1n) is 8.34. The van der Waals surface area contributed by atoms with Gasteiger partial charge in [-0.25, -0.2) is 0 Å². The van der Waals surface area contributed by atoms with Crippen LogP contribution in [-0.4, -0.2) is 52.4 Å². The standard InChI is InChI=1S/C19H12N4O6/c20-15(25)9-1-3-11-13(5-9)18(28)22(16(11)26)8-23-17(27)12-4-2-10(21-7-24)6-14(12)19(23)29/h1-7H,8H2,(H2,20,25)(H,21,24). The third-order valence-electron chi connectivity index (χ3n) is 4.73. The van der Waals surface area contributed by atoms with Crippen LogP contribution in [0.5, 0.6) is 0 Å². The first-order chi connectivity index (χ1) is 13.8. The number of primary amides is 1. The Morgan fingerprint density at radius 2 is 1.34 bits per heavy atom. The Morgan fingerprint density at radius 1 is 0.828 bits per heavy atom. The van der Waals surface area contributed by atoms with Gasteiger partial charge in [0.05, 0.1) is 22.3 Å². The molecule has 2 heterocycles. The zero-order valence-corrected chi connectivity index (χ0v) is 14.7. The minimum Gasteiger partial charge on any atom is -0.366 e. The largest absolute Gasteiger partial charge is 0.366 e. The molecule has 0 aromatic heterocycles. The number of carbonyl (C=O) groups excluding carboxylic acids is 6. The van der Waals surface area contributed by atoms with Crippen LogP contribution >= 0.6 is 0 Å². The maximum absolute atomic E-state index is 12.7. The maximum Gasteiger partial charge on any atom is 0.263 e. The number of hydrogen-bond donors (Lipinski definition) is 2. The molecule has 0 fully saturated rings. The van der Waals surface area contributed by atoms with Crippen LogP contribution in [0.25, 0.3) is 0 Å². The summed E-state index contributed by atoms with van der Waals surface area (Å²) in [6, 6.07) is 8.00. The van der Waals surface area contributed by atoms with Crippen LogP contribution in [0.15, 0.2) is 36.4 Å². The van der Waals surface area contributed by atoms with Crippen LogP contribution in [0.1, 0.15) is 51.8 Å². The van der Waals surface area contributed by atoms with E-state index in [-0.39, 0.29) is 27.8 Å². The fourth-order valence-electron chi connectivity index (χ4n) is 3.29. The molecule has 144 valence electrons. The summed E-state index contributed by atoms with van der Waals surface area (Å²) in [6.45, 7) is -0.582. The summed E-state index contributed by atoms with van der Waals surface area (Å²) >= 11 is 0. The normalized spacial score (nSPS) is 14.9. The molecule has 0 radical (unpaired) electrons. The van der Waals surface area contributed by atoms with E-state index in [2.05, 4.69) is 5.32 Å². The van der Waals surface area contributed by atoms with Crippen molar-refractivity contribution in [1.82, 2.24) is 9.80 Å². The predicted octanol–water partition coefficient (Wildman–Crippen LogP) is 0.203. The fraction of sp³-hybridized carbons (Fsp3) is 0.0526. The molecule has 2 aromatic rings. The first kappa shape index (κ1) is 18.0. The van der Waals surface area contributed by atoms with Crippen molar-refractivity contribution in [3.05, 3.63) is 64.2 Å². The summed E-state index contributed by atoms with van der Waals surface area (Å²) in [5.41, 5.74) is 5.75. The molecule has 0 spiro atoms. The lowest BCUT2D eigenvalue weighted by molar-refractivity contribution is -0.105. The third-order valence-corrected chi connectivity index (χ3v) is 4.73. The molecule has 0 saturated heterocycles.